The van der Waals surface area contributed by atoms with E-state index in [1.165, 1.54) is 6.92 Å². The number of carbonyl (C=O) groups is 1. The summed E-state index contributed by atoms with van der Waals surface area (Å²) >= 11 is 0. The summed E-state index contributed by atoms with van der Waals surface area (Å²) in [6.45, 7) is 3.44. The second-order valence-corrected chi connectivity index (χ2v) is 2.29. The van der Waals surface area contributed by atoms with Gasteiger partial charge >= 0.3 is 5.97 Å². The van der Waals surface area contributed by atoms with Gasteiger partial charge in [-0.05, 0) is 19.1 Å². The second-order valence-electron chi connectivity index (χ2n) is 2.29. The minimum absolute atomic E-state index is 0. The molecule has 3 nitrogen and oxygen atoms in total. The van der Waals surface area contributed by atoms with E-state index in [0.29, 0.717) is 5.76 Å². The minimum Gasteiger partial charge on any atom is -0.463 e. The first kappa shape index (κ1) is 11.9. The zero-order valence-corrected chi connectivity index (χ0v) is 10.0. The molecule has 0 fully saturated rings. The van der Waals surface area contributed by atoms with Crippen LogP contribution in [0.2, 0.25) is 0 Å². The number of hydrogen-bond donors (Lipinski definition) is 0. The van der Waals surface area contributed by atoms with Crippen molar-refractivity contribution < 1.29 is 46.7 Å². The Morgan fingerprint density at radius 2 is 2.25 bits per heavy atom. The Morgan fingerprint density at radius 3 is 2.67 bits per heavy atom. The summed E-state index contributed by atoms with van der Waals surface area (Å²) in [6, 6.07) is 3.62. The van der Waals surface area contributed by atoms with Gasteiger partial charge in [-0.1, -0.05) is 0 Å². The third-order valence-electron chi connectivity index (χ3n) is 1.21. The summed E-state index contributed by atoms with van der Waals surface area (Å²) < 4.78 is 9.87. The number of carbonyl (C=O) groups excluding carboxylic acids is 1. The van der Waals surface area contributed by atoms with E-state index in [-0.39, 0.29) is 45.3 Å². The van der Waals surface area contributed by atoms with Crippen LogP contribution < -0.4 is 0 Å². The van der Waals surface area contributed by atoms with Gasteiger partial charge in [-0.15, -0.1) is 0 Å². The van der Waals surface area contributed by atoms with Gasteiger partial charge in [0.15, 0.2) is 0 Å². The van der Waals surface area contributed by atoms with Crippen molar-refractivity contribution in [2.75, 3.05) is 0 Å². The molecule has 1 aromatic rings. The van der Waals surface area contributed by atoms with E-state index >= 15 is 0 Å². The quantitative estimate of drug-likeness (QED) is 0.741. The van der Waals surface area contributed by atoms with Crippen LogP contribution >= 0.6 is 0 Å². The first-order valence-corrected chi connectivity index (χ1v) is 3.37. The molecule has 0 unspecified atom stereocenters. The van der Waals surface area contributed by atoms with E-state index in [1.807, 2.05) is 13.0 Å². The van der Waals surface area contributed by atoms with Gasteiger partial charge in [0.05, 0.1) is 0 Å². The van der Waals surface area contributed by atoms with Crippen molar-refractivity contribution in [3.05, 3.63) is 23.7 Å². The Hall–Kier alpha value is -0.146. The van der Waals surface area contributed by atoms with Crippen LogP contribution in [0.25, 0.3) is 0 Å². The predicted octanol–water partition coefficient (Wildman–Crippen LogP) is 1.65. The number of ether oxygens (including phenoxy) is 1. The molecule has 12 heavy (non-hydrogen) atoms. The molecule has 0 N–H and O–H groups in total. The predicted molar refractivity (Wildman–Crippen MR) is 38.9 cm³/mol. The van der Waals surface area contributed by atoms with Gasteiger partial charge in [-0.3, -0.25) is 4.79 Å². The van der Waals surface area contributed by atoms with Crippen LogP contribution in [0.3, 0.4) is 0 Å². The first-order valence-electron chi connectivity index (χ1n) is 3.37. The monoisotopic (exact) mass is 243 g/mol. The largest absolute Gasteiger partial charge is 0.463 e. The first-order chi connectivity index (χ1) is 5.18. The fraction of sp³-hybridized carbons (Fsp3) is 0.375. The Balaban J connectivity index is 0.00000121. The molecule has 0 bridgehead atoms. The normalized spacial score (nSPS) is 8.83. The summed E-state index contributed by atoms with van der Waals surface area (Å²) in [6.07, 6.45) is 0. The average molecular weight is 243 g/mol. The summed E-state index contributed by atoms with van der Waals surface area (Å²) in [5, 5.41) is 0. The Bertz CT molecular complexity index is 255. The molecule has 63 valence electrons. The molecule has 1 aromatic heterocycles. The molecule has 0 aliphatic carbocycles. The van der Waals surface area contributed by atoms with Crippen LogP contribution in [0.15, 0.2) is 16.5 Å². The number of rotatable bonds is 2. The smallest absolute Gasteiger partial charge is 0.303 e. The number of furan rings is 1. The van der Waals surface area contributed by atoms with E-state index in [1.54, 1.807) is 6.07 Å². The fourth-order valence-electron chi connectivity index (χ4n) is 0.735. The van der Waals surface area contributed by atoms with Gasteiger partial charge in [0, 0.05) is 39.6 Å². The van der Waals surface area contributed by atoms with Crippen LogP contribution in [-0.2, 0) is 48.8 Å². The van der Waals surface area contributed by atoms with Crippen molar-refractivity contribution in [1.29, 1.82) is 0 Å². The van der Waals surface area contributed by atoms with E-state index in [4.69, 9.17) is 9.15 Å². The van der Waals surface area contributed by atoms with E-state index in [9.17, 15) is 4.79 Å². The van der Waals surface area contributed by atoms with Gasteiger partial charge in [0.2, 0.25) is 0 Å². The molecule has 0 aromatic carbocycles. The maximum Gasteiger partial charge on any atom is 0.303 e. The van der Waals surface area contributed by atoms with Crippen molar-refractivity contribution in [2.45, 2.75) is 20.5 Å². The molecule has 0 amide bonds. The number of hydrogen-bond acceptors (Lipinski definition) is 3. The summed E-state index contributed by atoms with van der Waals surface area (Å²) in [4.78, 5) is 10.4. The zero-order valence-electron chi connectivity index (χ0n) is 7.16. The van der Waals surface area contributed by atoms with Crippen LogP contribution in [0, 0.1) is 6.92 Å². The van der Waals surface area contributed by atoms with Crippen molar-refractivity contribution in [3.8, 4) is 0 Å². The summed E-state index contributed by atoms with van der Waals surface area (Å²) in [5.74, 6) is 1.21. The fourth-order valence-corrected chi connectivity index (χ4v) is 0.735. The van der Waals surface area contributed by atoms with Crippen LogP contribution in [-0.4, -0.2) is 5.97 Å². The van der Waals surface area contributed by atoms with Gasteiger partial charge in [-0.2, -0.15) is 0 Å². The van der Waals surface area contributed by atoms with Crippen molar-refractivity contribution in [3.63, 3.8) is 0 Å². The van der Waals surface area contributed by atoms with Crippen molar-refractivity contribution >= 4 is 5.97 Å². The summed E-state index contributed by atoms with van der Waals surface area (Å²) in [7, 11) is 0. The zero-order chi connectivity index (χ0) is 8.27. The van der Waals surface area contributed by atoms with Gasteiger partial charge in [0.1, 0.15) is 18.1 Å². The molecular formula is C8H10O3Y. The maximum atomic E-state index is 10.4. The molecule has 1 radical (unpaired) electrons. The average Bonchev–Trinajstić information content (AvgIpc) is 2.31. The molecule has 0 atom stereocenters. The molecule has 0 aliphatic heterocycles. The topological polar surface area (TPSA) is 39.4 Å². The minimum atomic E-state index is -0.293. The Morgan fingerprint density at radius 1 is 1.58 bits per heavy atom. The molecule has 1 rings (SSSR count). The van der Waals surface area contributed by atoms with Crippen LogP contribution in [0.4, 0.5) is 0 Å². The van der Waals surface area contributed by atoms with Crippen molar-refractivity contribution in [1.82, 2.24) is 0 Å². The van der Waals surface area contributed by atoms with Gasteiger partial charge < -0.3 is 9.15 Å². The van der Waals surface area contributed by atoms with E-state index in [2.05, 4.69) is 0 Å². The molecule has 1 heterocycles. The Labute approximate surface area is 96.3 Å². The van der Waals surface area contributed by atoms with Gasteiger partial charge in [-0.25, -0.2) is 0 Å². The Kier molecular flexibility index (Phi) is 5.42. The summed E-state index contributed by atoms with van der Waals surface area (Å²) in [5.41, 5.74) is 0. The third kappa shape index (κ3) is 4.02. The van der Waals surface area contributed by atoms with Crippen LogP contribution in [0.5, 0.6) is 0 Å². The number of esters is 1. The van der Waals surface area contributed by atoms with E-state index in [0.717, 1.165) is 5.76 Å². The molecule has 4 heteroatoms. The molecular weight excluding hydrogens is 233 g/mol. The van der Waals surface area contributed by atoms with Crippen LogP contribution in [0.1, 0.15) is 18.4 Å². The molecule has 0 aliphatic rings. The number of aryl methyl sites for hydroxylation is 1. The molecule has 0 saturated heterocycles. The van der Waals surface area contributed by atoms with Gasteiger partial charge in [0.25, 0.3) is 0 Å². The SMILES string of the molecule is CC(=O)OCc1ccc(C)o1.[Y]. The maximum absolute atomic E-state index is 10.4. The molecule has 0 spiro atoms. The molecule has 0 saturated carbocycles. The second kappa shape index (κ2) is 5.49. The van der Waals surface area contributed by atoms with Crippen molar-refractivity contribution in [2.24, 2.45) is 0 Å². The standard InChI is InChI=1S/C8H10O3.Y/c1-6-3-4-8(11-6)5-10-7(2)9;/h3-4H,5H2,1-2H3;. The van der Waals surface area contributed by atoms with E-state index < -0.39 is 0 Å². The third-order valence-corrected chi connectivity index (χ3v) is 1.21.